The van der Waals surface area contributed by atoms with Gasteiger partial charge in [0.05, 0.1) is 10.3 Å². The average molecular weight is 395 g/mol. The van der Waals surface area contributed by atoms with Crippen molar-refractivity contribution in [3.05, 3.63) is 45.6 Å². The van der Waals surface area contributed by atoms with Gasteiger partial charge < -0.3 is 10.2 Å². The van der Waals surface area contributed by atoms with Crippen LogP contribution in [0, 0.1) is 27.7 Å². The van der Waals surface area contributed by atoms with Gasteiger partial charge in [0.1, 0.15) is 16.5 Å². The van der Waals surface area contributed by atoms with Crippen LogP contribution in [-0.2, 0) is 0 Å². The van der Waals surface area contributed by atoms with Gasteiger partial charge >= 0.3 is 0 Å². The Morgan fingerprint density at radius 2 is 1.71 bits per heavy atom. The van der Waals surface area contributed by atoms with Gasteiger partial charge in [0.25, 0.3) is 5.91 Å². The summed E-state index contributed by atoms with van der Waals surface area (Å²) in [6.07, 6.45) is 3.65. The van der Waals surface area contributed by atoms with Gasteiger partial charge in [-0.25, -0.2) is 9.97 Å². The third-order valence-electron chi connectivity index (χ3n) is 5.46. The minimum absolute atomic E-state index is 0.0693. The molecule has 0 spiro atoms. The lowest BCUT2D eigenvalue weighted by molar-refractivity contribution is 0.103. The molecular formula is C22H26N4OS. The summed E-state index contributed by atoms with van der Waals surface area (Å²) < 4.78 is 0. The number of nitrogens with one attached hydrogen (secondary N) is 1. The van der Waals surface area contributed by atoms with Gasteiger partial charge in [-0.2, -0.15) is 0 Å². The number of aryl methyl sites for hydroxylation is 4. The van der Waals surface area contributed by atoms with Crippen LogP contribution in [0.25, 0.3) is 10.2 Å². The highest BCUT2D eigenvalue weighted by molar-refractivity contribution is 7.20. The molecule has 0 saturated carbocycles. The molecule has 1 N–H and O–H groups in total. The van der Waals surface area contributed by atoms with E-state index < -0.39 is 0 Å². The van der Waals surface area contributed by atoms with Crippen molar-refractivity contribution in [3.63, 3.8) is 0 Å². The van der Waals surface area contributed by atoms with E-state index in [-0.39, 0.29) is 5.91 Å². The van der Waals surface area contributed by atoms with Crippen LogP contribution in [0.4, 0.5) is 11.5 Å². The highest BCUT2D eigenvalue weighted by atomic mass is 32.1. The van der Waals surface area contributed by atoms with E-state index in [1.54, 1.807) is 0 Å². The number of thiophene rings is 1. The number of para-hydroxylation sites is 1. The molecule has 28 heavy (non-hydrogen) atoms. The van der Waals surface area contributed by atoms with Gasteiger partial charge in [0.15, 0.2) is 0 Å². The van der Waals surface area contributed by atoms with Crippen LogP contribution in [0.3, 0.4) is 0 Å². The van der Waals surface area contributed by atoms with Crippen LogP contribution in [0.5, 0.6) is 0 Å². The molecule has 3 aromatic rings. The lowest BCUT2D eigenvalue weighted by Gasteiger charge is -2.28. The first-order valence-electron chi connectivity index (χ1n) is 9.86. The van der Waals surface area contributed by atoms with Gasteiger partial charge in [-0.3, -0.25) is 4.79 Å². The van der Waals surface area contributed by atoms with Gasteiger partial charge in [0, 0.05) is 18.8 Å². The number of nitrogens with zero attached hydrogens (tertiary/aromatic N) is 3. The second-order valence-corrected chi connectivity index (χ2v) is 8.60. The zero-order valence-corrected chi connectivity index (χ0v) is 17.7. The van der Waals surface area contributed by atoms with Crippen LogP contribution in [0.15, 0.2) is 18.2 Å². The molecule has 5 nitrogen and oxygen atoms in total. The number of rotatable bonds is 3. The summed E-state index contributed by atoms with van der Waals surface area (Å²) in [6, 6.07) is 6.04. The van der Waals surface area contributed by atoms with Crippen LogP contribution in [0.1, 0.15) is 51.4 Å². The monoisotopic (exact) mass is 394 g/mol. The van der Waals surface area contributed by atoms with Gasteiger partial charge in [-0.05, 0) is 63.6 Å². The van der Waals surface area contributed by atoms with Crippen LogP contribution in [-0.4, -0.2) is 29.0 Å². The Morgan fingerprint density at radius 3 is 2.39 bits per heavy atom. The molecule has 1 fully saturated rings. The standard InChI is InChI=1S/C22H26N4OS/c1-13-9-8-10-14(2)18(13)25-21(27)19-15(3)17-20(26-11-6-5-7-12-26)23-16(4)24-22(17)28-19/h8-10H,5-7,11-12H2,1-4H3,(H,25,27). The summed E-state index contributed by atoms with van der Waals surface area (Å²) in [7, 11) is 0. The van der Waals surface area contributed by atoms with Crippen molar-refractivity contribution < 1.29 is 4.79 Å². The lowest BCUT2D eigenvalue weighted by Crippen LogP contribution is -2.30. The second-order valence-electron chi connectivity index (χ2n) is 7.60. The van der Waals surface area contributed by atoms with Gasteiger partial charge in [-0.15, -0.1) is 11.3 Å². The van der Waals surface area contributed by atoms with E-state index >= 15 is 0 Å². The van der Waals surface area contributed by atoms with Crippen molar-refractivity contribution in [1.29, 1.82) is 0 Å². The maximum atomic E-state index is 13.1. The van der Waals surface area contributed by atoms with Crippen LogP contribution in [0.2, 0.25) is 0 Å². The summed E-state index contributed by atoms with van der Waals surface area (Å²) in [5.74, 6) is 1.68. The largest absolute Gasteiger partial charge is 0.356 e. The van der Waals surface area contributed by atoms with E-state index in [9.17, 15) is 4.79 Å². The van der Waals surface area contributed by atoms with Gasteiger partial charge in [0.2, 0.25) is 0 Å². The Labute approximate surface area is 169 Å². The third kappa shape index (κ3) is 3.37. The highest BCUT2D eigenvalue weighted by Crippen LogP contribution is 2.37. The Kier molecular flexibility index (Phi) is 5.06. The molecule has 146 valence electrons. The SMILES string of the molecule is Cc1nc(N2CCCCC2)c2c(C)c(C(=O)Nc3c(C)cccc3C)sc2n1. The summed E-state index contributed by atoms with van der Waals surface area (Å²) in [5, 5.41) is 4.15. The van der Waals surface area contributed by atoms with Crippen molar-refractivity contribution in [3.8, 4) is 0 Å². The quantitative estimate of drug-likeness (QED) is 0.666. The molecule has 1 aliphatic rings. The second kappa shape index (κ2) is 7.51. The van der Waals surface area contributed by atoms with Crippen molar-refractivity contribution in [2.45, 2.75) is 47.0 Å². The minimum atomic E-state index is -0.0693. The number of hydrogen-bond acceptors (Lipinski definition) is 5. The zero-order chi connectivity index (χ0) is 19.8. The first-order chi connectivity index (χ1) is 13.5. The molecule has 1 saturated heterocycles. The number of carbonyl (C=O) groups is 1. The number of amides is 1. The molecule has 0 unspecified atom stereocenters. The number of carbonyl (C=O) groups excluding carboxylic acids is 1. The maximum Gasteiger partial charge on any atom is 0.266 e. The molecule has 0 atom stereocenters. The fourth-order valence-corrected chi connectivity index (χ4v) is 5.07. The topological polar surface area (TPSA) is 58.1 Å². The number of anilines is 2. The van der Waals surface area contributed by atoms with Gasteiger partial charge in [-0.1, -0.05) is 18.2 Å². The molecule has 1 amide bonds. The van der Waals surface area contributed by atoms with E-state index in [2.05, 4.69) is 15.2 Å². The molecule has 0 radical (unpaired) electrons. The smallest absolute Gasteiger partial charge is 0.266 e. The number of hydrogen-bond donors (Lipinski definition) is 1. The maximum absolute atomic E-state index is 13.1. The molecule has 0 aliphatic carbocycles. The lowest BCUT2D eigenvalue weighted by atomic mass is 10.1. The highest BCUT2D eigenvalue weighted by Gasteiger charge is 2.24. The fraction of sp³-hybridized carbons (Fsp3) is 0.409. The molecular weight excluding hydrogens is 368 g/mol. The summed E-state index contributed by atoms with van der Waals surface area (Å²) in [4.78, 5) is 26.5. The number of aromatic nitrogens is 2. The molecule has 6 heteroatoms. The van der Waals surface area contributed by atoms with E-state index in [1.165, 1.54) is 30.6 Å². The molecule has 4 rings (SSSR count). The molecule has 3 heterocycles. The summed E-state index contributed by atoms with van der Waals surface area (Å²) in [6.45, 7) is 10.0. The van der Waals surface area contributed by atoms with E-state index in [4.69, 9.17) is 4.98 Å². The predicted octanol–water partition coefficient (Wildman–Crippen LogP) is 5.17. The molecule has 2 aromatic heterocycles. The third-order valence-corrected chi connectivity index (χ3v) is 6.65. The van der Waals surface area contributed by atoms with E-state index in [0.717, 1.165) is 62.2 Å². The molecule has 1 aliphatic heterocycles. The number of fused-ring (bicyclic) bond motifs is 1. The average Bonchev–Trinajstić information content (AvgIpc) is 3.01. The first-order valence-corrected chi connectivity index (χ1v) is 10.7. The predicted molar refractivity (Wildman–Crippen MR) is 117 cm³/mol. The van der Waals surface area contributed by atoms with Crippen molar-refractivity contribution in [2.75, 3.05) is 23.3 Å². The Hall–Kier alpha value is -2.47. The number of benzene rings is 1. The summed E-state index contributed by atoms with van der Waals surface area (Å²) >= 11 is 1.47. The Balaban J connectivity index is 1.76. The summed E-state index contributed by atoms with van der Waals surface area (Å²) in [5.41, 5.74) is 4.00. The van der Waals surface area contributed by atoms with E-state index in [1.807, 2.05) is 45.9 Å². The van der Waals surface area contributed by atoms with Crippen LogP contribution >= 0.6 is 11.3 Å². The fourth-order valence-electron chi connectivity index (χ4n) is 3.95. The number of piperidine rings is 1. The van der Waals surface area contributed by atoms with Crippen molar-refractivity contribution in [2.24, 2.45) is 0 Å². The normalized spacial score (nSPS) is 14.5. The zero-order valence-electron chi connectivity index (χ0n) is 16.9. The van der Waals surface area contributed by atoms with Crippen molar-refractivity contribution >= 4 is 39.0 Å². The molecule has 1 aromatic carbocycles. The Bertz CT molecular complexity index is 1030. The van der Waals surface area contributed by atoms with E-state index in [0.29, 0.717) is 0 Å². The Morgan fingerprint density at radius 1 is 1.04 bits per heavy atom. The van der Waals surface area contributed by atoms with Crippen LogP contribution < -0.4 is 10.2 Å². The molecule has 0 bridgehead atoms. The minimum Gasteiger partial charge on any atom is -0.356 e. The first kappa shape index (κ1) is 18.9. The van der Waals surface area contributed by atoms with Crippen molar-refractivity contribution in [1.82, 2.24) is 9.97 Å².